The van der Waals surface area contributed by atoms with Crippen LogP contribution in [0, 0.1) is 0 Å². The summed E-state index contributed by atoms with van der Waals surface area (Å²) in [6, 6.07) is 0. The van der Waals surface area contributed by atoms with Crippen molar-refractivity contribution in [1.82, 2.24) is 10.2 Å². The number of nitrogens with zero attached hydrogens (tertiary/aromatic N) is 1. The van der Waals surface area contributed by atoms with Crippen LogP contribution in [0.15, 0.2) is 0 Å². The van der Waals surface area contributed by atoms with Gasteiger partial charge >= 0.3 is 6.09 Å². The maximum atomic E-state index is 10.4. The average Bonchev–Trinajstić information content (AvgIpc) is 2.13. The number of carboxylic acid groups (broad SMARTS) is 1. The molecular formula is C6H12N2O3. The van der Waals surface area contributed by atoms with Gasteiger partial charge < -0.3 is 20.4 Å². The monoisotopic (exact) mass is 160 g/mol. The van der Waals surface area contributed by atoms with E-state index < -0.39 is 12.2 Å². The quantitative estimate of drug-likeness (QED) is 0.422. The van der Waals surface area contributed by atoms with Gasteiger partial charge in [-0.1, -0.05) is 0 Å². The SMILES string of the molecule is O=C(O)N1CCNC[C@H](O)C1. The van der Waals surface area contributed by atoms with Gasteiger partial charge in [0.15, 0.2) is 0 Å². The Balaban J connectivity index is 2.45. The molecule has 0 aromatic rings. The van der Waals surface area contributed by atoms with Crippen LogP contribution in [-0.2, 0) is 0 Å². The van der Waals surface area contributed by atoms with Crippen LogP contribution < -0.4 is 5.32 Å². The molecule has 3 N–H and O–H groups in total. The number of rotatable bonds is 0. The Morgan fingerprint density at radius 1 is 1.64 bits per heavy atom. The largest absolute Gasteiger partial charge is 0.465 e. The highest BCUT2D eigenvalue weighted by Crippen LogP contribution is 1.95. The molecule has 0 spiro atoms. The number of hydrogen-bond donors (Lipinski definition) is 3. The van der Waals surface area contributed by atoms with E-state index in [1.54, 1.807) is 0 Å². The lowest BCUT2D eigenvalue weighted by Gasteiger charge is -2.17. The van der Waals surface area contributed by atoms with Gasteiger partial charge in [0.2, 0.25) is 0 Å². The standard InChI is InChI=1S/C6H12N2O3/c9-5-3-7-1-2-8(4-5)6(10)11/h5,7,9H,1-4H2,(H,10,11)/t5-/m0/s1. The normalized spacial score (nSPS) is 26.3. The maximum absolute atomic E-state index is 10.4. The third-order valence-corrected chi connectivity index (χ3v) is 1.64. The minimum absolute atomic E-state index is 0.211. The third kappa shape index (κ3) is 2.36. The summed E-state index contributed by atoms with van der Waals surface area (Å²) in [7, 11) is 0. The highest BCUT2D eigenvalue weighted by molar-refractivity contribution is 5.65. The second kappa shape index (κ2) is 3.54. The number of carbonyl (C=O) groups is 1. The van der Waals surface area contributed by atoms with E-state index in [2.05, 4.69) is 5.32 Å². The van der Waals surface area contributed by atoms with Crippen LogP contribution >= 0.6 is 0 Å². The Hall–Kier alpha value is -0.810. The van der Waals surface area contributed by atoms with Gasteiger partial charge in [0.05, 0.1) is 12.6 Å². The lowest BCUT2D eigenvalue weighted by atomic mass is 10.3. The average molecular weight is 160 g/mol. The molecule has 0 bridgehead atoms. The van der Waals surface area contributed by atoms with Crippen LogP contribution in [0.25, 0.3) is 0 Å². The Labute approximate surface area is 64.6 Å². The third-order valence-electron chi connectivity index (χ3n) is 1.64. The first-order valence-electron chi connectivity index (χ1n) is 3.57. The van der Waals surface area contributed by atoms with Crippen molar-refractivity contribution in [3.05, 3.63) is 0 Å². The van der Waals surface area contributed by atoms with Gasteiger partial charge in [-0.2, -0.15) is 0 Å². The molecule has 0 unspecified atom stereocenters. The fourth-order valence-electron chi connectivity index (χ4n) is 1.07. The molecule has 0 aromatic heterocycles. The van der Waals surface area contributed by atoms with E-state index in [0.717, 1.165) is 0 Å². The van der Waals surface area contributed by atoms with Crippen LogP contribution in [0.5, 0.6) is 0 Å². The number of aliphatic hydroxyl groups is 1. The van der Waals surface area contributed by atoms with E-state index in [0.29, 0.717) is 19.6 Å². The molecule has 0 aromatic carbocycles. The van der Waals surface area contributed by atoms with Gasteiger partial charge in [-0.05, 0) is 0 Å². The molecule has 1 heterocycles. The van der Waals surface area contributed by atoms with Crippen LogP contribution in [-0.4, -0.2) is 53.5 Å². The van der Waals surface area contributed by atoms with E-state index in [-0.39, 0.29) is 6.54 Å². The molecule has 1 aliphatic heterocycles. The van der Waals surface area contributed by atoms with E-state index in [1.807, 2.05) is 0 Å². The van der Waals surface area contributed by atoms with Crippen LogP contribution in [0.4, 0.5) is 4.79 Å². The van der Waals surface area contributed by atoms with Gasteiger partial charge in [0.1, 0.15) is 0 Å². The van der Waals surface area contributed by atoms with Gasteiger partial charge in [-0.3, -0.25) is 0 Å². The second-order valence-corrected chi connectivity index (χ2v) is 2.59. The van der Waals surface area contributed by atoms with Crippen LogP contribution in [0.3, 0.4) is 0 Å². The summed E-state index contributed by atoms with van der Waals surface area (Å²) in [5, 5.41) is 20.6. The summed E-state index contributed by atoms with van der Waals surface area (Å²) in [6.45, 7) is 1.75. The second-order valence-electron chi connectivity index (χ2n) is 2.59. The molecule has 1 fully saturated rings. The minimum Gasteiger partial charge on any atom is -0.465 e. The minimum atomic E-state index is -0.965. The molecule has 64 valence electrons. The van der Waals surface area contributed by atoms with Crippen molar-refractivity contribution in [1.29, 1.82) is 0 Å². The number of β-amino-alcohol motifs (C(OH)–C–C–N with tert-alkyl or cyclic N) is 1. The van der Waals surface area contributed by atoms with Crippen LogP contribution in [0.1, 0.15) is 0 Å². The van der Waals surface area contributed by atoms with Crippen molar-refractivity contribution < 1.29 is 15.0 Å². The van der Waals surface area contributed by atoms with Crippen molar-refractivity contribution in [2.45, 2.75) is 6.10 Å². The summed E-state index contributed by atoms with van der Waals surface area (Å²) in [4.78, 5) is 11.7. The van der Waals surface area contributed by atoms with Crippen molar-refractivity contribution in [3.8, 4) is 0 Å². The first kappa shape index (κ1) is 8.29. The zero-order valence-corrected chi connectivity index (χ0v) is 6.16. The van der Waals surface area contributed by atoms with E-state index in [9.17, 15) is 4.79 Å². The predicted octanol–water partition coefficient (Wildman–Crippen LogP) is -1.07. The first-order valence-corrected chi connectivity index (χ1v) is 3.57. The number of aliphatic hydroxyl groups excluding tert-OH is 1. The summed E-state index contributed by atoms with van der Waals surface area (Å²) >= 11 is 0. The lowest BCUT2D eigenvalue weighted by Crippen LogP contribution is -2.36. The fourth-order valence-corrected chi connectivity index (χ4v) is 1.07. The molecule has 1 atom stereocenters. The van der Waals surface area contributed by atoms with Gasteiger partial charge in [-0.25, -0.2) is 4.79 Å². The van der Waals surface area contributed by atoms with Gasteiger partial charge in [0.25, 0.3) is 0 Å². The summed E-state index contributed by atoms with van der Waals surface area (Å²) < 4.78 is 0. The molecule has 0 saturated carbocycles. The maximum Gasteiger partial charge on any atom is 0.407 e. The summed E-state index contributed by atoms with van der Waals surface area (Å²) in [5.41, 5.74) is 0. The molecule has 11 heavy (non-hydrogen) atoms. The molecular weight excluding hydrogens is 148 g/mol. The summed E-state index contributed by atoms with van der Waals surface area (Å²) in [5.74, 6) is 0. The Morgan fingerprint density at radius 3 is 3.00 bits per heavy atom. The van der Waals surface area contributed by atoms with Gasteiger partial charge in [-0.15, -0.1) is 0 Å². The summed E-state index contributed by atoms with van der Waals surface area (Å²) in [6.07, 6.45) is -1.54. The van der Waals surface area contributed by atoms with Crippen molar-refractivity contribution >= 4 is 6.09 Å². The highest BCUT2D eigenvalue weighted by atomic mass is 16.4. The molecule has 0 radical (unpaired) electrons. The zero-order valence-electron chi connectivity index (χ0n) is 6.16. The predicted molar refractivity (Wildman–Crippen MR) is 38.5 cm³/mol. The topological polar surface area (TPSA) is 72.8 Å². The van der Waals surface area contributed by atoms with Crippen molar-refractivity contribution in [3.63, 3.8) is 0 Å². The fraction of sp³-hybridized carbons (Fsp3) is 0.833. The van der Waals surface area contributed by atoms with Crippen LogP contribution in [0.2, 0.25) is 0 Å². The number of amides is 1. The highest BCUT2D eigenvalue weighted by Gasteiger charge is 2.18. The molecule has 1 aliphatic rings. The van der Waals surface area contributed by atoms with Crippen molar-refractivity contribution in [2.75, 3.05) is 26.2 Å². The Bertz CT molecular complexity index is 151. The number of nitrogens with one attached hydrogen (secondary N) is 1. The van der Waals surface area contributed by atoms with E-state index in [4.69, 9.17) is 10.2 Å². The zero-order chi connectivity index (χ0) is 8.27. The van der Waals surface area contributed by atoms with E-state index in [1.165, 1.54) is 4.90 Å². The first-order chi connectivity index (χ1) is 5.20. The molecule has 1 rings (SSSR count). The molecule has 5 heteroatoms. The van der Waals surface area contributed by atoms with E-state index >= 15 is 0 Å². The number of hydrogen-bond acceptors (Lipinski definition) is 3. The molecule has 5 nitrogen and oxygen atoms in total. The molecule has 1 amide bonds. The van der Waals surface area contributed by atoms with Gasteiger partial charge in [0, 0.05) is 19.6 Å². The Kier molecular flexibility index (Phi) is 2.67. The lowest BCUT2D eigenvalue weighted by molar-refractivity contribution is 0.109. The van der Waals surface area contributed by atoms with Crippen molar-refractivity contribution in [2.24, 2.45) is 0 Å². The molecule has 0 aliphatic carbocycles. The molecule has 1 saturated heterocycles. The Morgan fingerprint density at radius 2 is 2.36 bits per heavy atom. The smallest absolute Gasteiger partial charge is 0.407 e.